The molecule has 0 saturated carbocycles. The minimum Gasteiger partial charge on any atom is -0.494 e. The van der Waals surface area contributed by atoms with E-state index in [4.69, 9.17) is 4.74 Å². The summed E-state index contributed by atoms with van der Waals surface area (Å²) in [5.41, 5.74) is 0.429. The molecule has 0 saturated heterocycles. The average Bonchev–Trinajstić information content (AvgIpc) is 2.53. The molecule has 0 radical (unpaired) electrons. The van der Waals surface area contributed by atoms with Crippen LogP contribution in [0.4, 0.5) is 0 Å². The minimum atomic E-state index is -0.648. The lowest BCUT2D eigenvalue weighted by Crippen LogP contribution is -2.47. The smallest absolute Gasteiger partial charge is 0.251 e. The summed E-state index contributed by atoms with van der Waals surface area (Å²) >= 11 is 0. The predicted octanol–water partition coefficient (Wildman–Crippen LogP) is 0.456. The lowest BCUT2D eigenvalue weighted by molar-refractivity contribution is -0.128. The lowest BCUT2D eigenvalue weighted by atomic mass is 10.2. The lowest BCUT2D eigenvalue weighted by Gasteiger charge is -2.13. The van der Waals surface area contributed by atoms with Crippen molar-refractivity contribution in [2.75, 3.05) is 19.7 Å². The summed E-state index contributed by atoms with van der Waals surface area (Å²) in [6.07, 6.45) is 0. The van der Waals surface area contributed by atoms with Gasteiger partial charge in [-0.1, -0.05) is 0 Å². The van der Waals surface area contributed by atoms with E-state index >= 15 is 0 Å². The van der Waals surface area contributed by atoms with Crippen LogP contribution in [0.25, 0.3) is 0 Å². The fraction of sp³-hybridized carbons (Fsp3) is 0.438. The molecule has 0 aliphatic rings. The molecular formula is C16H23N3O4. The molecule has 1 aromatic rings. The van der Waals surface area contributed by atoms with Crippen LogP contribution in [0.2, 0.25) is 0 Å². The normalized spacial score (nSPS) is 11.3. The first-order valence-corrected chi connectivity index (χ1v) is 7.56. The van der Waals surface area contributed by atoms with Crippen LogP contribution in [0.3, 0.4) is 0 Å². The Morgan fingerprint density at radius 1 is 1.09 bits per heavy atom. The van der Waals surface area contributed by atoms with Crippen molar-refractivity contribution in [2.45, 2.75) is 26.8 Å². The Morgan fingerprint density at radius 2 is 1.74 bits per heavy atom. The number of carbonyl (C=O) groups excluding carboxylic acids is 3. The Labute approximate surface area is 135 Å². The quantitative estimate of drug-likeness (QED) is 0.648. The van der Waals surface area contributed by atoms with E-state index in [-0.39, 0.29) is 18.4 Å². The van der Waals surface area contributed by atoms with E-state index in [0.717, 1.165) is 0 Å². The van der Waals surface area contributed by atoms with E-state index < -0.39 is 11.9 Å². The number of hydrogen-bond acceptors (Lipinski definition) is 4. The molecule has 126 valence electrons. The second-order valence-corrected chi connectivity index (χ2v) is 4.82. The van der Waals surface area contributed by atoms with Crippen molar-refractivity contribution in [1.29, 1.82) is 0 Å². The molecule has 0 heterocycles. The molecule has 0 unspecified atom stereocenters. The van der Waals surface area contributed by atoms with Gasteiger partial charge >= 0.3 is 0 Å². The van der Waals surface area contributed by atoms with Crippen LogP contribution in [-0.2, 0) is 9.59 Å². The maximum atomic E-state index is 11.9. The average molecular weight is 321 g/mol. The van der Waals surface area contributed by atoms with Crippen molar-refractivity contribution in [3.05, 3.63) is 29.8 Å². The molecule has 3 N–H and O–H groups in total. The minimum absolute atomic E-state index is 0.199. The zero-order valence-electron chi connectivity index (χ0n) is 13.6. The molecule has 7 heteroatoms. The van der Waals surface area contributed by atoms with Gasteiger partial charge in [0, 0.05) is 12.1 Å². The first-order chi connectivity index (χ1) is 11.0. The fourth-order valence-corrected chi connectivity index (χ4v) is 1.82. The van der Waals surface area contributed by atoms with E-state index in [9.17, 15) is 14.4 Å². The standard InChI is InChI=1S/C16H23N3O4/c1-4-17-15(21)11(3)19-14(20)10-18-16(22)12-6-8-13(9-7-12)23-5-2/h6-9,11H,4-5,10H2,1-3H3,(H,17,21)(H,18,22)(H,19,20)/t11-/m0/s1. The molecule has 0 aliphatic carbocycles. The highest BCUT2D eigenvalue weighted by molar-refractivity contribution is 5.97. The van der Waals surface area contributed by atoms with Crippen molar-refractivity contribution >= 4 is 17.7 Å². The third kappa shape index (κ3) is 6.37. The summed E-state index contributed by atoms with van der Waals surface area (Å²) in [6, 6.07) is 5.97. The fourth-order valence-electron chi connectivity index (χ4n) is 1.82. The molecule has 23 heavy (non-hydrogen) atoms. The highest BCUT2D eigenvalue weighted by Crippen LogP contribution is 2.11. The van der Waals surface area contributed by atoms with Crippen LogP contribution in [0.5, 0.6) is 5.75 Å². The van der Waals surface area contributed by atoms with E-state index in [1.54, 1.807) is 38.1 Å². The summed E-state index contributed by atoms with van der Waals surface area (Å²) in [6.45, 7) is 6.10. The molecular weight excluding hydrogens is 298 g/mol. The molecule has 0 spiro atoms. The molecule has 1 aromatic carbocycles. The SMILES string of the molecule is CCNC(=O)[C@H](C)NC(=O)CNC(=O)c1ccc(OCC)cc1. The molecule has 3 amide bonds. The number of likely N-dealkylation sites (N-methyl/N-ethyl adjacent to an activating group) is 1. The second kappa shape index (κ2) is 9.45. The third-order valence-corrected chi connectivity index (χ3v) is 2.96. The Morgan fingerprint density at radius 3 is 2.30 bits per heavy atom. The third-order valence-electron chi connectivity index (χ3n) is 2.96. The number of benzene rings is 1. The number of hydrogen-bond donors (Lipinski definition) is 3. The zero-order valence-corrected chi connectivity index (χ0v) is 13.6. The van der Waals surface area contributed by atoms with Crippen molar-refractivity contribution < 1.29 is 19.1 Å². The van der Waals surface area contributed by atoms with Gasteiger partial charge in [0.15, 0.2) is 0 Å². The van der Waals surface area contributed by atoms with E-state index in [1.807, 2.05) is 6.92 Å². The summed E-state index contributed by atoms with van der Waals surface area (Å²) < 4.78 is 5.29. The van der Waals surface area contributed by atoms with Crippen LogP contribution < -0.4 is 20.7 Å². The number of nitrogens with one attached hydrogen (secondary N) is 3. The van der Waals surface area contributed by atoms with Crippen LogP contribution in [0.15, 0.2) is 24.3 Å². The molecule has 0 bridgehead atoms. The molecule has 1 rings (SSSR count). The van der Waals surface area contributed by atoms with Gasteiger partial charge in [-0.25, -0.2) is 0 Å². The molecule has 7 nitrogen and oxygen atoms in total. The van der Waals surface area contributed by atoms with Gasteiger partial charge in [0.1, 0.15) is 11.8 Å². The summed E-state index contributed by atoms with van der Waals surface area (Å²) in [5.74, 6) is -0.381. The van der Waals surface area contributed by atoms with Crippen LogP contribution in [0.1, 0.15) is 31.1 Å². The Kier molecular flexibility index (Phi) is 7.59. The molecule has 1 atom stereocenters. The van der Waals surface area contributed by atoms with Gasteiger partial charge in [0.05, 0.1) is 13.2 Å². The van der Waals surface area contributed by atoms with Crippen molar-refractivity contribution in [2.24, 2.45) is 0 Å². The Hall–Kier alpha value is -2.57. The van der Waals surface area contributed by atoms with Gasteiger partial charge in [0.2, 0.25) is 11.8 Å². The highest BCUT2D eigenvalue weighted by atomic mass is 16.5. The monoisotopic (exact) mass is 321 g/mol. The first-order valence-electron chi connectivity index (χ1n) is 7.56. The highest BCUT2D eigenvalue weighted by Gasteiger charge is 2.15. The Balaban J connectivity index is 2.43. The van der Waals surface area contributed by atoms with Gasteiger partial charge in [-0.3, -0.25) is 14.4 Å². The van der Waals surface area contributed by atoms with Crippen molar-refractivity contribution in [3.8, 4) is 5.75 Å². The van der Waals surface area contributed by atoms with E-state index in [1.165, 1.54) is 0 Å². The maximum absolute atomic E-state index is 11.9. The van der Waals surface area contributed by atoms with Gasteiger partial charge in [-0.2, -0.15) is 0 Å². The predicted molar refractivity (Wildman–Crippen MR) is 86.2 cm³/mol. The Bertz CT molecular complexity index is 543. The van der Waals surface area contributed by atoms with Crippen LogP contribution in [-0.4, -0.2) is 43.5 Å². The van der Waals surface area contributed by atoms with E-state index in [2.05, 4.69) is 16.0 Å². The van der Waals surface area contributed by atoms with Gasteiger partial charge in [0.25, 0.3) is 5.91 Å². The summed E-state index contributed by atoms with van der Waals surface area (Å²) in [7, 11) is 0. The maximum Gasteiger partial charge on any atom is 0.251 e. The number of rotatable bonds is 8. The number of amides is 3. The number of carbonyl (C=O) groups is 3. The topological polar surface area (TPSA) is 96.5 Å². The van der Waals surface area contributed by atoms with Gasteiger partial charge in [-0.15, -0.1) is 0 Å². The van der Waals surface area contributed by atoms with Crippen molar-refractivity contribution in [3.63, 3.8) is 0 Å². The van der Waals surface area contributed by atoms with Crippen LogP contribution >= 0.6 is 0 Å². The van der Waals surface area contributed by atoms with E-state index in [0.29, 0.717) is 24.5 Å². The molecule has 0 aliphatic heterocycles. The zero-order chi connectivity index (χ0) is 17.2. The van der Waals surface area contributed by atoms with Crippen LogP contribution in [0, 0.1) is 0 Å². The summed E-state index contributed by atoms with van der Waals surface area (Å²) in [5, 5.41) is 7.62. The first kappa shape index (κ1) is 18.5. The van der Waals surface area contributed by atoms with Gasteiger partial charge < -0.3 is 20.7 Å². The van der Waals surface area contributed by atoms with Gasteiger partial charge in [-0.05, 0) is 45.0 Å². The summed E-state index contributed by atoms with van der Waals surface area (Å²) in [4.78, 5) is 35.1. The molecule has 0 fully saturated rings. The van der Waals surface area contributed by atoms with Crippen molar-refractivity contribution in [1.82, 2.24) is 16.0 Å². The largest absolute Gasteiger partial charge is 0.494 e. The number of ether oxygens (including phenoxy) is 1. The molecule has 0 aromatic heterocycles. The second-order valence-electron chi connectivity index (χ2n) is 4.82.